The van der Waals surface area contributed by atoms with Crippen molar-refractivity contribution in [1.82, 2.24) is 19.9 Å². The fourth-order valence-electron chi connectivity index (χ4n) is 7.72. The van der Waals surface area contributed by atoms with E-state index >= 15 is 0 Å². The molecule has 0 saturated heterocycles. The first kappa shape index (κ1) is 68.9. The van der Waals surface area contributed by atoms with E-state index in [0.717, 1.165) is 28.6 Å². The van der Waals surface area contributed by atoms with Gasteiger partial charge in [-0.3, -0.25) is 4.98 Å². The Kier molecular flexibility index (Phi) is 28.8. The molecule has 0 radical (unpaired) electrons. The van der Waals surface area contributed by atoms with Gasteiger partial charge in [0.05, 0.1) is 26.5 Å². The van der Waals surface area contributed by atoms with Gasteiger partial charge in [0.25, 0.3) is 12.2 Å². The molecule has 420 valence electrons. The van der Waals surface area contributed by atoms with E-state index in [1.165, 1.54) is 96.3 Å². The lowest BCUT2D eigenvalue weighted by Crippen LogP contribution is -2.38. The average Bonchev–Trinajstić information content (AvgIpc) is 3.37. The predicted octanol–water partition coefficient (Wildman–Crippen LogP) is 8.45. The van der Waals surface area contributed by atoms with Crippen molar-refractivity contribution in [1.29, 1.82) is 0 Å². The number of hydrogen-bond acceptors (Lipinski definition) is 4. The van der Waals surface area contributed by atoms with E-state index in [4.69, 9.17) is 0 Å². The van der Waals surface area contributed by atoms with Gasteiger partial charge in [-0.1, -0.05) is 9.97 Å². The van der Waals surface area contributed by atoms with Gasteiger partial charge in [0.2, 0.25) is 0 Å². The zero-order valence-electron chi connectivity index (χ0n) is 54.4. The van der Waals surface area contributed by atoms with Crippen LogP contribution < -0.4 is 36.5 Å². The highest BCUT2D eigenvalue weighted by atomic mass is 15.0. The summed E-state index contributed by atoms with van der Waals surface area (Å²) in [4.78, 5) is 16.8. The number of pyridine rings is 4. The number of hydrogen-bond donors (Lipinski definition) is 0. The van der Waals surface area contributed by atoms with E-state index in [-0.39, 0.29) is 0 Å². The fourth-order valence-corrected chi connectivity index (χ4v) is 7.72. The van der Waals surface area contributed by atoms with Crippen molar-refractivity contribution in [2.24, 2.45) is 56.4 Å². The molecular weight excluding hydrogens is 961 g/mol. The van der Waals surface area contributed by atoms with Gasteiger partial charge in [-0.05, 0) is 78.6 Å². The van der Waals surface area contributed by atoms with Crippen molar-refractivity contribution < 1.29 is 36.5 Å². The summed E-state index contributed by atoms with van der Waals surface area (Å²) >= 11 is 0. The second-order valence-corrected chi connectivity index (χ2v) is 21.1. The van der Waals surface area contributed by atoms with Gasteiger partial charge in [0.1, 0.15) is 65.1 Å². The Labute approximate surface area is 473 Å². The molecule has 0 spiro atoms. The molecular formula is C66H104N12+8. The molecule has 78 heavy (non-hydrogen) atoms. The smallest absolute Gasteiger partial charge is 0.252 e. The first-order valence-electron chi connectivity index (χ1n) is 27.0. The molecule has 0 aromatic carbocycles. The molecule has 8 aromatic rings. The lowest BCUT2D eigenvalue weighted by atomic mass is 10.1. The topological polar surface area (TPSA) is 82.6 Å². The largest absolute Gasteiger partial charge is 0.295 e. The van der Waals surface area contributed by atoms with Crippen molar-refractivity contribution in [2.75, 3.05) is 0 Å². The molecule has 0 bridgehead atoms. The molecule has 8 rings (SSSR count). The SMILES string of the molecule is Cc1cc(C)[n+](C)c(C)c1.Cc1cc(C)[n+](C)c(C)n1.Cc1cc(C)[n+](C)cn1.Cc1cc(C)c(C)[n+](C)c1C.Cc1cc[n+](C)c(C)c1.Cc1cccc(C)[n+]1C.Cc1cncc(C)[n+]1C.Cc1nc(C)c(C)[n+](C)c1C. The molecule has 0 N–H and O–H groups in total. The van der Waals surface area contributed by atoms with E-state index < -0.39 is 0 Å². The Morgan fingerprint density at radius 3 is 1.12 bits per heavy atom. The molecule has 0 fully saturated rings. The second-order valence-electron chi connectivity index (χ2n) is 21.1. The quantitative estimate of drug-likeness (QED) is 0.143. The van der Waals surface area contributed by atoms with Crippen LogP contribution >= 0.6 is 0 Å². The van der Waals surface area contributed by atoms with Crippen molar-refractivity contribution in [3.8, 4) is 0 Å². The van der Waals surface area contributed by atoms with Crippen molar-refractivity contribution >= 4 is 0 Å². The molecule has 8 aromatic heterocycles. The third-order valence-electron chi connectivity index (χ3n) is 14.9. The van der Waals surface area contributed by atoms with E-state index in [2.05, 4.69) is 258 Å². The normalized spacial score (nSPS) is 9.92. The van der Waals surface area contributed by atoms with Crippen LogP contribution in [0.5, 0.6) is 0 Å². The third-order valence-corrected chi connectivity index (χ3v) is 14.9. The Balaban J connectivity index is 0.000000446. The minimum Gasteiger partial charge on any atom is -0.252 e. The molecule has 0 amide bonds. The summed E-state index contributed by atoms with van der Waals surface area (Å²) in [5.74, 6) is 1.07. The van der Waals surface area contributed by atoms with Crippen LogP contribution in [0.1, 0.15) is 125 Å². The van der Waals surface area contributed by atoms with Gasteiger partial charge in [0.15, 0.2) is 80.2 Å². The predicted molar refractivity (Wildman–Crippen MR) is 316 cm³/mol. The molecule has 12 heteroatoms. The molecule has 0 aliphatic rings. The number of aryl methyl sites for hydroxylation is 20. The third kappa shape index (κ3) is 22.5. The highest BCUT2D eigenvalue weighted by Crippen LogP contribution is 2.08. The Morgan fingerprint density at radius 2 is 0.718 bits per heavy atom. The van der Waals surface area contributed by atoms with Gasteiger partial charge in [-0.2, -0.15) is 4.57 Å². The van der Waals surface area contributed by atoms with Crippen LogP contribution in [-0.2, 0) is 56.4 Å². The van der Waals surface area contributed by atoms with Gasteiger partial charge in [0, 0.05) is 157 Å². The summed E-state index contributed by atoms with van der Waals surface area (Å²) in [6.07, 6.45) is 7.61. The average molecular weight is 1070 g/mol. The summed E-state index contributed by atoms with van der Waals surface area (Å²) in [6, 6.07) is 21.3. The van der Waals surface area contributed by atoms with Gasteiger partial charge < -0.3 is 0 Å². The summed E-state index contributed by atoms with van der Waals surface area (Å²) in [7, 11) is 16.5. The summed E-state index contributed by atoms with van der Waals surface area (Å²) < 4.78 is 17.1. The molecule has 0 saturated carbocycles. The van der Waals surface area contributed by atoms with Gasteiger partial charge in [-0.15, -0.1) is 0 Å². The molecule has 12 nitrogen and oxygen atoms in total. The van der Waals surface area contributed by atoms with E-state index in [1.54, 1.807) is 0 Å². The Morgan fingerprint density at radius 1 is 0.321 bits per heavy atom. The standard InChI is InChI=1S/C10H16N.C9H15N2.C9H14N.C8H13N2.2C8H12N.2C7H11N2/c1-7-6-8(2)10(4)11(5)9(7)3;1-6-8(3)11(5)9(4)7(2)10-6;1-7-5-8(2)10(4)9(3)6-7;1-6-5-7(2)10(4)8(3)9-6;1-7-4-5-9(3)8(2)6-7;1-7-5-4-6-8(2)9(7)3;1-6-4-8-5-7(2)9(6)3;1-6-4-7(2)9(3)5-8-6/h6H,1-5H3;1-5H3;5-6H,1-4H3;5H,1-4H3;2*4-6H,1-3H3;2*4-5H,1-3H3/q8*+1. The van der Waals surface area contributed by atoms with Crippen LogP contribution in [0.25, 0.3) is 0 Å². The van der Waals surface area contributed by atoms with Crippen LogP contribution in [0.2, 0.25) is 0 Å². The van der Waals surface area contributed by atoms with Crippen LogP contribution in [0.15, 0.2) is 85.6 Å². The lowest BCUT2D eigenvalue weighted by Gasteiger charge is -2.03. The minimum absolute atomic E-state index is 1.07. The van der Waals surface area contributed by atoms with E-state index in [1.807, 2.05) is 92.9 Å². The van der Waals surface area contributed by atoms with Gasteiger partial charge in [-0.25, -0.2) is 37.0 Å². The summed E-state index contributed by atoms with van der Waals surface area (Å²) in [6.45, 7) is 45.9. The maximum atomic E-state index is 4.41. The maximum absolute atomic E-state index is 4.41. The first-order chi connectivity index (χ1) is 36.1. The molecule has 8 heterocycles. The molecule has 0 atom stereocenters. The summed E-state index contributed by atoms with van der Waals surface area (Å²) in [5.41, 5.74) is 26.4. The first-order valence-corrected chi connectivity index (χ1v) is 27.0. The van der Waals surface area contributed by atoms with Crippen LogP contribution in [-0.4, -0.2) is 19.9 Å². The van der Waals surface area contributed by atoms with E-state index in [0.29, 0.717) is 0 Å². The van der Waals surface area contributed by atoms with Crippen molar-refractivity contribution in [3.05, 3.63) is 210 Å². The zero-order valence-corrected chi connectivity index (χ0v) is 54.4. The zero-order chi connectivity index (χ0) is 60.0. The van der Waals surface area contributed by atoms with Crippen LogP contribution in [0, 0.1) is 152 Å². The highest BCUT2D eigenvalue weighted by molar-refractivity contribution is 5.22. The van der Waals surface area contributed by atoms with Crippen molar-refractivity contribution in [3.63, 3.8) is 0 Å². The number of nitrogens with zero attached hydrogens (tertiary/aromatic N) is 12. The van der Waals surface area contributed by atoms with Crippen LogP contribution in [0.4, 0.5) is 0 Å². The minimum atomic E-state index is 1.07. The summed E-state index contributed by atoms with van der Waals surface area (Å²) in [5, 5.41) is 0. The lowest BCUT2D eigenvalue weighted by molar-refractivity contribution is -0.687. The molecule has 0 aliphatic heterocycles. The fraction of sp³-hybridized carbons (Fsp3) is 0.455. The monoisotopic (exact) mass is 1060 g/mol. The van der Waals surface area contributed by atoms with Crippen molar-refractivity contribution in [2.45, 2.75) is 152 Å². The molecule has 0 aliphatic carbocycles. The highest BCUT2D eigenvalue weighted by Gasteiger charge is 2.13. The maximum Gasteiger partial charge on any atom is 0.295 e. The number of rotatable bonds is 0. The Bertz CT molecular complexity index is 2890. The van der Waals surface area contributed by atoms with Crippen LogP contribution in [0.3, 0.4) is 0 Å². The Hall–Kier alpha value is -7.08. The van der Waals surface area contributed by atoms with E-state index in [9.17, 15) is 0 Å². The number of aromatic nitrogens is 12. The second kappa shape index (κ2) is 32.6. The van der Waals surface area contributed by atoms with Gasteiger partial charge >= 0.3 is 0 Å². The molecule has 0 unspecified atom stereocenters.